The Kier molecular flexibility index (Phi) is 6.72. The topological polar surface area (TPSA) is 88.0 Å². The molecule has 0 saturated carbocycles. The normalized spacial score (nSPS) is 11.3. The highest BCUT2D eigenvalue weighted by Gasteiger charge is 2.37. The highest BCUT2D eigenvalue weighted by Crippen LogP contribution is 2.31. The molecule has 0 spiro atoms. The molecule has 3 amide bonds. The van der Waals surface area contributed by atoms with Crippen LogP contribution in [0.25, 0.3) is 11.0 Å². The van der Waals surface area contributed by atoms with Gasteiger partial charge in [0, 0.05) is 17.9 Å². The van der Waals surface area contributed by atoms with Gasteiger partial charge in [0.25, 0.3) is 0 Å². The summed E-state index contributed by atoms with van der Waals surface area (Å²) >= 11 is 0. The summed E-state index contributed by atoms with van der Waals surface area (Å²) in [7, 11) is 0. The zero-order chi connectivity index (χ0) is 25.0. The molecule has 4 aromatic rings. The minimum absolute atomic E-state index is 0.0713. The molecule has 7 nitrogen and oxygen atoms in total. The van der Waals surface area contributed by atoms with E-state index in [9.17, 15) is 22.8 Å². The number of amides is 3. The van der Waals surface area contributed by atoms with Gasteiger partial charge in [0.1, 0.15) is 6.54 Å². The quantitative estimate of drug-likeness (QED) is 0.348. The number of hydrogen-bond acceptors (Lipinski definition) is 3. The third-order valence-corrected chi connectivity index (χ3v) is 5.16. The van der Waals surface area contributed by atoms with E-state index in [1.165, 1.54) is 12.1 Å². The Balaban J connectivity index is 1.39. The first kappa shape index (κ1) is 23.8. The molecule has 0 fully saturated rings. The first-order valence-electron chi connectivity index (χ1n) is 10.7. The lowest BCUT2D eigenvalue weighted by atomic mass is 10.2. The molecule has 0 aliphatic carbocycles. The average Bonchev–Trinajstić information content (AvgIpc) is 3.17. The first-order valence-corrected chi connectivity index (χ1v) is 10.7. The largest absolute Gasteiger partial charge is 0.449 e. The summed E-state index contributed by atoms with van der Waals surface area (Å²) in [5, 5.41) is 8.08. The van der Waals surface area contributed by atoms with E-state index in [0.29, 0.717) is 16.9 Å². The molecule has 10 heteroatoms. The Morgan fingerprint density at radius 2 is 1.60 bits per heavy atom. The molecule has 1 heterocycles. The zero-order valence-electron chi connectivity index (χ0n) is 18.7. The van der Waals surface area contributed by atoms with E-state index in [4.69, 9.17) is 0 Å². The maximum absolute atomic E-state index is 13.4. The summed E-state index contributed by atoms with van der Waals surface area (Å²) in [6.45, 7) is 1.45. The van der Waals surface area contributed by atoms with Gasteiger partial charge in [-0.2, -0.15) is 13.2 Å². The Bertz CT molecular complexity index is 1380. The standard InChI is InChI=1S/C25H22F3N5O2/c1-16-6-4-8-18(12-16)30-24(35)31-19-9-5-7-17(13-19)14-29-22(34)15-33-21-11-3-2-10-20(21)32-23(33)25(26,27)28/h2-13H,14-15H2,1H3,(H,29,34)(H2,30,31,35). The number of halogens is 3. The number of urea groups is 1. The molecule has 0 unspecified atom stereocenters. The molecule has 0 aliphatic heterocycles. The summed E-state index contributed by atoms with van der Waals surface area (Å²) < 4.78 is 41.2. The number of nitrogens with one attached hydrogen (secondary N) is 3. The minimum atomic E-state index is -4.70. The number of hydrogen-bond donors (Lipinski definition) is 3. The smallest absolute Gasteiger partial charge is 0.350 e. The van der Waals surface area contributed by atoms with Crippen LogP contribution in [-0.4, -0.2) is 21.5 Å². The monoisotopic (exact) mass is 481 g/mol. The second-order valence-corrected chi connectivity index (χ2v) is 7.93. The molecule has 4 rings (SSSR count). The molecule has 3 N–H and O–H groups in total. The summed E-state index contributed by atoms with van der Waals surface area (Å²) in [6, 6.07) is 19.8. The molecule has 0 aliphatic rings. The van der Waals surface area contributed by atoms with Crippen molar-refractivity contribution in [2.75, 3.05) is 10.6 Å². The summed E-state index contributed by atoms with van der Waals surface area (Å²) in [5.74, 6) is -1.73. The van der Waals surface area contributed by atoms with Crippen LogP contribution in [-0.2, 0) is 24.1 Å². The number of nitrogens with zero attached hydrogens (tertiary/aromatic N) is 2. The second-order valence-electron chi connectivity index (χ2n) is 7.93. The van der Waals surface area contributed by atoms with Crippen LogP contribution in [0.2, 0.25) is 0 Å². The Morgan fingerprint density at radius 3 is 2.31 bits per heavy atom. The average molecular weight is 481 g/mol. The highest BCUT2D eigenvalue weighted by molar-refractivity contribution is 5.99. The molecule has 180 valence electrons. The number of benzene rings is 3. The van der Waals surface area contributed by atoms with Gasteiger partial charge in [0.05, 0.1) is 11.0 Å². The van der Waals surface area contributed by atoms with Gasteiger partial charge in [0.15, 0.2) is 0 Å². The fraction of sp³-hybridized carbons (Fsp3) is 0.160. The fourth-order valence-corrected chi connectivity index (χ4v) is 3.63. The second kappa shape index (κ2) is 9.88. The SMILES string of the molecule is Cc1cccc(NC(=O)Nc2cccc(CNC(=O)Cn3c(C(F)(F)F)nc4ccccc43)c2)c1. The molecule has 0 bridgehead atoms. The van der Waals surface area contributed by atoms with Gasteiger partial charge in [-0.1, -0.05) is 36.4 Å². The zero-order valence-corrected chi connectivity index (χ0v) is 18.7. The van der Waals surface area contributed by atoms with Crippen molar-refractivity contribution in [3.05, 3.63) is 89.7 Å². The van der Waals surface area contributed by atoms with Crippen LogP contribution in [0.1, 0.15) is 17.0 Å². The van der Waals surface area contributed by atoms with Gasteiger partial charge in [-0.05, 0) is 54.4 Å². The van der Waals surface area contributed by atoms with Crippen molar-refractivity contribution in [2.45, 2.75) is 26.2 Å². The molecule has 0 saturated heterocycles. The van der Waals surface area contributed by atoms with Gasteiger partial charge >= 0.3 is 12.2 Å². The molecular formula is C25H22F3N5O2. The lowest BCUT2D eigenvalue weighted by Gasteiger charge is -2.12. The van der Waals surface area contributed by atoms with Gasteiger partial charge in [-0.3, -0.25) is 4.79 Å². The van der Waals surface area contributed by atoms with Crippen molar-refractivity contribution < 1.29 is 22.8 Å². The van der Waals surface area contributed by atoms with Gasteiger partial charge in [0.2, 0.25) is 11.7 Å². The van der Waals surface area contributed by atoms with E-state index in [1.54, 1.807) is 42.5 Å². The van der Waals surface area contributed by atoms with E-state index >= 15 is 0 Å². The minimum Gasteiger partial charge on any atom is -0.350 e. The number of imidazole rings is 1. The van der Waals surface area contributed by atoms with Crippen LogP contribution in [0, 0.1) is 6.92 Å². The first-order chi connectivity index (χ1) is 16.7. The van der Waals surface area contributed by atoms with Crippen LogP contribution >= 0.6 is 0 Å². The number of aromatic nitrogens is 2. The molecule has 35 heavy (non-hydrogen) atoms. The number of alkyl halides is 3. The van der Waals surface area contributed by atoms with Crippen LogP contribution < -0.4 is 16.0 Å². The fourth-order valence-electron chi connectivity index (χ4n) is 3.63. The van der Waals surface area contributed by atoms with Gasteiger partial charge in [-0.25, -0.2) is 9.78 Å². The van der Waals surface area contributed by atoms with Crippen molar-refractivity contribution >= 4 is 34.3 Å². The van der Waals surface area contributed by atoms with E-state index < -0.39 is 30.5 Å². The number of carbonyl (C=O) groups is 2. The third kappa shape index (κ3) is 5.97. The Morgan fingerprint density at radius 1 is 0.914 bits per heavy atom. The van der Waals surface area contributed by atoms with Crippen LogP contribution in [0.5, 0.6) is 0 Å². The number of anilines is 2. The van der Waals surface area contributed by atoms with E-state index in [-0.39, 0.29) is 17.6 Å². The van der Waals surface area contributed by atoms with Crippen molar-refractivity contribution in [3.8, 4) is 0 Å². The molecule has 0 radical (unpaired) electrons. The van der Waals surface area contributed by atoms with Crippen molar-refractivity contribution in [1.29, 1.82) is 0 Å². The maximum atomic E-state index is 13.4. The van der Waals surface area contributed by atoms with Crippen molar-refractivity contribution in [1.82, 2.24) is 14.9 Å². The number of fused-ring (bicyclic) bond motifs is 1. The number of para-hydroxylation sites is 2. The van der Waals surface area contributed by atoms with E-state index in [0.717, 1.165) is 10.1 Å². The number of carbonyl (C=O) groups excluding carboxylic acids is 2. The van der Waals surface area contributed by atoms with E-state index in [2.05, 4.69) is 20.9 Å². The van der Waals surface area contributed by atoms with E-state index in [1.807, 2.05) is 25.1 Å². The predicted octanol–water partition coefficient (Wildman–Crippen LogP) is 5.32. The Hall–Kier alpha value is -4.34. The molecule has 0 atom stereocenters. The number of aryl methyl sites for hydroxylation is 1. The van der Waals surface area contributed by atoms with Crippen molar-refractivity contribution in [3.63, 3.8) is 0 Å². The molecular weight excluding hydrogens is 459 g/mol. The van der Waals surface area contributed by atoms with Crippen molar-refractivity contribution in [2.24, 2.45) is 0 Å². The molecule has 3 aromatic carbocycles. The van der Waals surface area contributed by atoms with Crippen LogP contribution in [0.4, 0.5) is 29.3 Å². The summed E-state index contributed by atoms with van der Waals surface area (Å²) in [4.78, 5) is 28.4. The maximum Gasteiger partial charge on any atom is 0.449 e. The third-order valence-electron chi connectivity index (χ3n) is 5.16. The van der Waals surface area contributed by atoms with Gasteiger partial charge in [-0.15, -0.1) is 0 Å². The van der Waals surface area contributed by atoms with Crippen LogP contribution in [0.3, 0.4) is 0 Å². The highest BCUT2D eigenvalue weighted by atomic mass is 19.4. The van der Waals surface area contributed by atoms with Crippen LogP contribution in [0.15, 0.2) is 72.8 Å². The lowest BCUT2D eigenvalue weighted by molar-refractivity contribution is -0.147. The summed E-state index contributed by atoms with van der Waals surface area (Å²) in [6.07, 6.45) is -4.70. The molecule has 1 aromatic heterocycles. The lowest BCUT2D eigenvalue weighted by Crippen LogP contribution is -2.29. The Labute approximate surface area is 199 Å². The summed E-state index contributed by atoms with van der Waals surface area (Å²) in [5.41, 5.74) is 3.21. The predicted molar refractivity (Wildman–Crippen MR) is 127 cm³/mol. The van der Waals surface area contributed by atoms with Gasteiger partial charge < -0.3 is 20.5 Å². The number of rotatable bonds is 6.